The van der Waals surface area contributed by atoms with Crippen LogP contribution < -0.4 is 5.73 Å². The largest absolute Gasteiger partial charge is 0.370 e. The van der Waals surface area contributed by atoms with Crippen LogP contribution in [0.2, 0.25) is 0 Å². The number of primary amides is 1. The monoisotopic (exact) mass is 388 g/mol. The van der Waals surface area contributed by atoms with Crippen molar-refractivity contribution in [3.05, 3.63) is 12.2 Å². The van der Waals surface area contributed by atoms with Gasteiger partial charge in [-0.05, 0) is 32.1 Å². The third-order valence-electron chi connectivity index (χ3n) is 3.68. The summed E-state index contributed by atoms with van der Waals surface area (Å²) in [5.74, 6) is -0.164. The van der Waals surface area contributed by atoms with Gasteiger partial charge in [0.15, 0.2) is 0 Å². The molecule has 21 heavy (non-hydrogen) atoms. The molecule has 0 aliphatic heterocycles. The van der Waals surface area contributed by atoms with E-state index in [-0.39, 0.29) is 28.3 Å². The van der Waals surface area contributed by atoms with Crippen molar-refractivity contribution in [3.63, 3.8) is 0 Å². The first-order chi connectivity index (χ1) is 9.77. The van der Waals surface area contributed by atoms with Gasteiger partial charge in [0, 0.05) is 28.8 Å². The maximum absolute atomic E-state index is 10.5. The van der Waals surface area contributed by atoms with Gasteiger partial charge in [-0.2, -0.15) is 0 Å². The molecule has 0 heterocycles. The smallest absolute Gasteiger partial charge is 0.217 e. The minimum Gasteiger partial charge on any atom is -0.370 e. The number of nitrogens with two attached hydrogens (primary N) is 1. The van der Waals surface area contributed by atoms with Gasteiger partial charge in [0.1, 0.15) is 0 Å². The molecule has 0 saturated carbocycles. The summed E-state index contributed by atoms with van der Waals surface area (Å²) in [7, 11) is 0. The number of unbranched alkanes of at least 4 members (excludes halogenated alkanes) is 11. The third kappa shape index (κ3) is 22.4. The summed E-state index contributed by atoms with van der Waals surface area (Å²) in [6.45, 7) is 2.26. The summed E-state index contributed by atoms with van der Waals surface area (Å²) in [4.78, 5) is 10.5. The molecule has 0 spiro atoms. The number of carbonyl (C=O) groups is 1. The van der Waals surface area contributed by atoms with Crippen LogP contribution in [0.25, 0.3) is 0 Å². The van der Waals surface area contributed by atoms with Crippen molar-refractivity contribution in [1.82, 2.24) is 0 Å². The Balaban J connectivity index is 0. The van der Waals surface area contributed by atoms with E-state index in [4.69, 9.17) is 5.73 Å². The summed E-state index contributed by atoms with van der Waals surface area (Å²) in [5, 5.41) is 0. The predicted octanol–water partition coefficient (Wildman–Crippen LogP) is 5.51. The zero-order chi connectivity index (χ0) is 14.9. The Morgan fingerprint density at radius 2 is 1.19 bits per heavy atom. The van der Waals surface area contributed by atoms with Crippen molar-refractivity contribution in [1.29, 1.82) is 0 Å². The maximum atomic E-state index is 10.5. The first-order valence-electron chi connectivity index (χ1n) is 8.70. The summed E-state index contributed by atoms with van der Waals surface area (Å²) in [5.41, 5.74) is 5.10. The van der Waals surface area contributed by atoms with Crippen molar-refractivity contribution in [2.45, 2.75) is 96.8 Å². The molecule has 2 nitrogen and oxygen atoms in total. The predicted molar refractivity (Wildman–Crippen MR) is 88.6 cm³/mol. The van der Waals surface area contributed by atoms with Crippen molar-refractivity contribution in [3.8, 4) is 0 Å². The van der Waals surface area contributed by atoms with Crippen molar-refractivity contribution in [2.75, 3.05) is 0 Å². The van der Waals surface area contributed by atoms with E-state index in [1.807, 2.05) is 0 Å². The Morgan fingerprint density at radius 1 is 0.762 bits per heavy atom. The van der Waals surface area contributed by atoms with Crippen LogP contribution >= 0.6 is 0 Å². The van der Waals surface area contributed by atoms with E-state index < -0.39 is 0 Å². The topological polar surface area (TPSA) is 43.1 Å². The van der Waals surface area contributed by atoms with Gasteiger partial charge < -0.3 is 5.73 Å². The van der Waals surface area contributed by atoms with E-state index in [0.29, 0.717) is 6.42 Å². The van der Waals surface area contributed by atoms with Crippen LogP contribution in [0.4, 0.5) is 0 Å². The SMILES string of the molecule is CCCCCCCC/C=C\CCCCCCCC(N)=O.[Ag]. The first kappa shape index (κ1) is 23.2. The van der Waals surface area contributed by atoms with E-state index in [1.54, 1.807) is 0 Å². The molecular weight excluding hydrogens is 354 g/mol. The molecule has 129 valence electrons. The van der Waals surface area contributed by atoms with Crippen LogP contribution in [0.5, 0.6) is 0 Å². The Bertz CT molecular complexity index is 241. The molecule has 0 rings (SSSR count). The Kier molecular flexibility index (Phi) is 22.1. The van der Waals surface area contributed by atoms with Gasteiger partial charge in [-0.25, -0.2) is 0 Å². The number of allylic oxidation sites excluding steroid dienone is 2. The third-order valence-corrected chi connectivity index (χ3v) is 3.68. The van der Waals surface area contributed by atoms with Gasteiger partial charge in [-0.3, -0.25) is 4.79 Å². The normalized spacial score (nSPS) is 10.7. The second-order valence-electron chi connectivity index (χ2n) is 5.80. The van der Waals surface area contributed by atoms with Gasteiger partial charge in [0.05, 0.1) is 0 Å². The van der Waals surface area contributed by atoms with Crippen LogP contribution in [0, 0.1) is 0 Å². The number of hydrogen-bond donors (Lipinski definition) is 1. The van der Waals surface area contributed by atoms with Gasteiger partial charge in [0.25, 0.3) is 0 Å². The van der Waals surface area contributed by atoms with Crippen molar-refractivity contribution < 1.29 is 27.2 Å². The molecule has 0 aliphatic rings. The zero-order valence-electron chi connectivity index (χ0n) is 13.8. The van der Waals surface area contributed by atoms with Crippen LogP contribution in [0.15, 0.2) is 12.2 Å². The van der Waals surface area contributed by atoms with Gasteiger partial charge in [-0.1, -0.05) is 70.4 Å². The zero-order valence-corrected chi connectivity index (χ0v) is 15.3. The van der Waals surface area contributed by atoms with Crippen molar-refractivity contribution >= 4 is 5.91 Å². The van der Waals surface area contributed by atoms with E-state index in [9.17, 15) is 4.79 Å². The molecule has 0 bridgehead atoms. The molecule has 0 aromatic heterocycles. The van der Waals surface area contributed by atoms with E-state index in [1.165, 1.54) is 70.6 Å². The fourth-order valence-corrected chi connectivity index (χ4v) is 2.37. The average molecular weight is 389 g/mol. The molecule has 0 saturated heterocycles. The quantitative estimate of drug-likeness (QED) is 0.224. The molecular formula is C18H35AgNO. The summed E-state index contributed by atoms with van der Waals surface area (Å²) in [6, 6.07) is 0. The van der Waals surface area contributed by atoms with Gasteiger partial charge in [-0.15, -0.1) is 0 Å². The number of hydrogen-bond acceptors (Lipinski definition) is 1. The summed E-state index contributed by atoms with van der Waals surface area (Å²) >= 11 is 0. The summed E-state index contributed by atoms with van der Waals surface area (Å²) in [6.07, 6.45) is 21.9. The van der Waals surface area contributed by atoms with Crippen LogP contribution in [-0.4, -0.2) is 5.91 Å². The van der Waals surface area contributed by atoms with Crippen LogP contribution in [0.1, 0.15) is 96.8 Å². The minimum absolute atomic E-state index is 0. The molecule has 2 N–H and O–H groups in total. The van der Waals surface area contributed by atoms with Crippen LogP contribution in [0.3, 0.4) is 0 Å². The molecule has 0 atom stereocenters. The first-order valence-corrected chi connectivity index (χ1v) is 8.70. The Morgan fingerprint density at radius 3 is 1.67 bits per heavy atom. The Hall–Kier alpha value is -0.0497. The molecule has 3 heteroatoms. The molecule has 0 aromatic carbocycles. The van der Waals surface area contributed by atoms with E-state index >= 15 is 0 Å². The van der Waals surface area contributed by atoms with E-state index in [0.717, 1.165) is 12.8 Å². The minimum atomic E-state index is -0.164. The van der Waals surface area contributed by atoms with E-state index in [2.05, 4.69) is 19.1 Å². The maximum Gasteiger partial charge on any atom is 0.217 e. The fourth-order valence-electron chi connectivity index (χ4n) is 2.37. The second-order valence-corrected chi connectivity index (χ2v) is 5.80. The average Bonchev–Trinajstić information content (AvgIpc) is 2.43. The number of carbonyl (C=O) groups excluding carboxylic acids is 1. The molecule has 0 aliphatic carbocycles. The van der Waals surface area contributed by atoms with Gasteiger partial charge >= 0.3 is 0 Å². The molecule has 0 aromatic rings. The van der Waals surface area contributed by atoms with Crippen molar-refractivity contribution in [2.24, 2.45) is 5.73 Å². The molecule has 1 radical (unpaired) electrons. The summed E-state index contributed by atoms with van der Waals surface area (Å²) < 4.78 is 0. The standard InChI is InChI=1S/C18H35NO.Ag/c1-2-3-4-5-6-7-8-9-10-11-12-13-14-15-16-17-18(19)20;/h9-10H,2-8,11-17H2,1H3,(H2,19,20);/b10-9-;. The van der Waals surface area contributed by atoms with Crippen LogP contribution in [-0.2, 0) is 27.2 Å². The number of rotatable bonds is 15. The van der Waals surface area contributed by atoms with Gasteiger partial charge in [0.2, 0.25) is 5.91 Å². The second kappa shape index (κ2) is 20.0. The molecule has 0 fully saturated rings. The molecule has 0 unspecified atom stereocenters. The Labute approximate surface area is 147 Å². The molecule has 1 amide bonds. The number of amides is 1. The fraction of sp³-hybridized carbons (Fsp3) is 0.833.